The summed E-state index contributed by atoms with van der Waals surface area (Å²) in [5, 5.41) is 12.1. The van der Waals surface area contributed by atoms with Crippen LogP contribution in [0.2, 0.25) is 0 Å². The number of hydrogen-bond donors (Lipinski definition) is 2. The normalized spacial score (nSPS) is 17.6. The Balaban J connectivity index is 2.09. The predicted molar refractivity (Wildman–Crippen MR) is 74.3 cm³/mol. The van der Waals surface area contributed by atoms with E-state index in [-0.39, 0.29) is 0 Å². The molecule has 0 aromatic carbocycles. The van der Waals surface area contributed by atoms with Crippen molar-refractivity contribution < 1.29 is 14.7 Å². The number of hydrogen-bond acceptors (Lipinski definition) is 3. The van der Waals surface area contributed by atoms with Gasteiger partial charge in [0.25, 0.3) is 0 Å². The van der Waals surface area contributed by atoms with E-state index >= 15 is 0 Å². The first-order valence-electron chi connectivity index (χ1n) is 7.15. The van der Waals surface area contributed by atoms with E-state index in [0.29, 0.717) is 18.7 Å². The van der Waals surface area contributed by atoms with Gasteiger partial charge in [-0.1, -0.05) is 26.2 Å². The van der Waals surface area contributed by atoms with Gasteiger partial charge in [0.15, 0.2) is 5.82 Å². The molecule has 6 nitrogen and oxygen atoms in total. The molecule has 2 rings (SSSR count). The maximum atomic E-state index is 12.4. The van der Waals surface area contributed by atoms with Crippen molar-refractivity contribution >= 4 is 17.7 Å². The van der Waals surface area contributed by atoms with Gasteiger partial charge >= 0.3 is 5.97 Å². The molecule has 1 aromatic heterocycles. The van der Waals surface area contributed by atoms with Crippen molar-refractivity contribution in [2.75, 3.05) is 5.32 Å². The number of imidazole rings is 1. The number of carboxylic acid groups (broad SMARTS) is 1. The summed E-state index contributed by atoms with van der Waals surface area (Å²) in [6, 6.07) is 0. The van der Waals surface area contributed by atoms with Crippen LogP contribution in [0.3, 0.4) is 0 Å². The van der Waals surface area contributed by atoms with Crippen LogP contribution in [0.4, 0.5) is 5.82 Å². The molecule has 1 aromatic rings. The first kappa shape index (κ1) is 14.6. The van der Waals surface area contributed by atoms with Crippen molar-refractivity contribution in [1.82, 2.24) is 9.55 Å². The maximum Gasteiger partial charge on any atom is 0.319 e. The summed E-state index contributed by atoms with van der Waals surface area (Å²) in [5.74, 6) is -1.04. The number of anilines is 1. The van der Waals surface area contributed by atoms with Crippen LogP contribution < -0.4 is 5.32 Å². The van der Waals surface area contributed by atoms with E-state index in [1.807, 2.05) is 4.57 Å². The Bertz CT molecular complexity index is 490. The summed E-state index contributed by atoms with van der Waals surface area (Å²) in [6.45, 7) is 2.88. The lowest BCUT2D eigenvalue weighted by atomic mass is 9.73. The second-order valence-electron chi connectivity index (χ2n) is 5.40. The molecule has 1 aliphatic carbocycles. The van der Waals surface area contributed by atoms with Crippen molar-refractivity contribution in [3.05, 3.63) is 12.5 Å². The number of carboxylic acids is 1. The number of carbonyl (C=O) groups is 2. The third-order valence-corrected chi connectivity index (χ3v) is 3.91. The number of aromatic nitrogens is 2. The van der Waals surface area contributed by atoms with Crippen LogP contribution in [-0.4, -0.2) is 26.5 Å². The second kappa shape index (κ2) is 6.07. The number of aliphatic carboxylic acids is 1. The molecule has 6 heteroatoms. The molecular weight excluding hydrogens is 258 g/mol. The van der Waals surface area contributed by atoms with E-state index in [2.05, 4.69) is 17.2 Å². The molecule has 1 amide bonds. The molecule has 0 unspecified atom stereocenters. The quantitative estimate of drug-likeness (QED) is 0.810. The van der Waals surface area contributed by atoms with E-state index in [9.17, 15) is 14.7 Å². The minimum absolute atomic E-state index is 0.407. The summed E-state index contributed by atoms with van der Waals surface area (Å²) < 4.78 is 1.88. The van der Waals surface area contributed by atoms with E-state index in [0.717, 1.165) is 32.2 Å². The van der Waals surface area contributed by atoms with Crippen LogP contribution in [0.25, 0.3) is 0 Å². The Morgan fingerprint density at radius 3 is 2.70 bits per heavy atom. The van der Waals surface area contributed by atoms with Crippen molar-refractivity contribution in [3.8, 4) is 0 Å². The number of amides is 1. The monoisotopic (exact) mass is 279 g/mol. The zero-order valence-corrected chi connectivity index (χ0v) is 11.8. The summed E-state index contributed by atoms with van der Waals surface area (Å²) in [6.07, 6.45) is 7.73. The Labute approximate surface area is 118 Å². The number of rotatable bonds is 5. The van der Waals surface area contributed by atoms with Gasteiger partial charge in [-0.2, -0.15) is 0 Å². The highest BCUT2D eigenvalue weighted by molar-refractivity contribution is 6.08. The first-order valence-corrected chi connectivity index (χ1v) is 7.15. The van der Waals surface area contributed by atoms with E-state index in [4.69, 9.17) is 0 Å². The standard InChI is InChI=1S/C14H21N3O3/c1-2-8-17-9-11(15-10-17)16-12(18)14(13(19)20)6-4-3-5-7-14/h9-10H,2-8H2,1H3,(H,16,18)(H,19,20). The number of carbonyl (C=O) groups excluding carboxylic acids is 1. The molecule has 1 saturated carbocycles. The predicted octanol–water partition coefficient (Wildman–Crippen LogP) is 2.27. The average Bonchev–Trinajstić information content (AvgIpc) is 2.87. The van der Waals surface area contributed by atoms with E-state index in [1.54, 1.807) is 12.5 Å². The molecule has 0 saturated heterocycles. The molecule has 0 bridgehead atoms. The minimum atomic E-state index is -1.28. The summed E-state index contributed by atoms with van der Waals surface area (Å²) in [7, 11) is 0. The van der Waals surface area contributed by atoms with Crippen LogP contribution in [0.5, 0.6) is 0 Å². The Morgan fingerprint density at radius 1 is 1.40 bits per heavy atom. The molecule has 0 radical (unpaired) electrons. The van der Waals surface area contributed by atoms with Gasteiger partial charge in [-0.3, -0.25) is 9.59 Å². The first-order chi connectivity index (χ1) is 9.58. The van der Waals surface area contributed by atoms with Crippen LogP contribution in [0.1, 0.15) is 45.4 Å². The topological polar surface area (TPSA) is 84.2 Å². The van der Waals surface area contributed by atoms with Gasteiger partial charge in [0.05, 0.1) is 6.33 Å². The van der Waals surface area contributed by atoms with Gasteiger partial charge in [-0.25, -0.2) is 4.98 Å². The molecule has 20 heavy (non-hydrogen) atoms. The highest BCUT2D eigenvalue weighted by Crippen LogP contribution is 2.37. The highest BCUT2D eigenvalue weighted by Gasteiger charge is 2.46. The molecule has 2 N–H and O–H groups in total. The molecule has 0 aliphatic heterocycles. The summed E-state index contributed by atoms with van der Waals surface area (Å²) in [4.78, 5) is 28.0. The van der Waals surface area contributed by atoms with Crippen LogP contribution >= 0.6 is 0 Å². The lowest BCUT2D eigenvalue weighted by Gasteiger charge is -2.31. The van der Waals surface area contributed by atoms with Gasteiger partial charge in [-0.05, 0) is 19.3 Å². The SMILES string of the molecule is CCCn1cnc(NC(=O)C2(C(=O)O)CCCCC2)c1. The second-order valence-corrected chi connectivity index (χ2v) is 5.40. The molecule has 0 spiro atoms. The fraction of sp³-hybridized carbons (Fsp3) is 0.643. The van der Waals surface area contributed by atoms with Crippen molar-refractivity contribution in [2.45, 2.75) is 52.0 Å². The molecular formula is C14H21N3O3. The van der Waals surface area contributed by atoms with Crippen LogP contribution in [0, 0.1) is 5.41 Å². The maximum absolute atomic E-state index is 12.4. The molecule has 1 fully saturated rings. The smallest absolute Gasteiger partial charge is 0.319 e. The third-order valence-electron chi connectivity index (χ3n) is 3.91. The van der Waals surface area contributed by atoms with Gasteiger partial charge in [0.1, 0.15) is 5.41 Å². The summed E-state index contributed by atoms with van der Waals surface area (Å²) in [5.41, 5.74) is -1.28. The lowest BCUT2D eigenvalue weighted by Crippen LogP contribution is -2.44. The van der Waals surface area contributed by atoms with Gasteiger partial charge in [0, 0.05) is 12.7 Å². The van der Waals surface area contributed by atoms with Gasteiger partial charge in [-0.15, -0.1) is 0 Å². The Morgan fingerprint density at radius 2 is 2.10 bits per heavy atom. The Hall–Kier alpha value is -1.85. The van der Waals surface area contributed by atoms with Gasteiger partial charge in [0.2, 0.25) is 5.91 Å². The zero-order chi connectivity index (χ0) is 14.6. The fourth-order valence-corrected chi connectivity index (χ4v) is 2.73. The van der Waals surface area contributed by atoms with E-state index in [1.165, 1.54) is 0 Å². The lowest BCUT2D eigenvalue weighted by molar-refractivity contribution is -0.156. The molecule has 1 heterocycles. The van der Waals surface area contributed by atoms with Gasteiger partial charge < -0.3 is 15.0 Å². The largest absolute Gasteiger partial charge is 0.480 e. The molecule has 110 valence electrons. The number of nitrogens with one attached hydrogen (secondary N) is 1. The van der Waals surface area contributed by atoms with Crippen molar-refractivity contribution in [1.29, 1.82) is 0 Å². The van der Waals surface area contributed by atoms with E-state index < -0.39 is 17.3 Å². The average molecular weight is 279 g/mol. The zero-order valence-electron chi connectivity index (χ0n) is 11.8. The third kappa shape index (κ3) is 2.84. The number of nitrogens with zero attached hydrogens (tertiary/aromatic N) is 2. The number of aryl methyl sites for hydroxylation is 1. The van der Waals surface area contributed by atoms with Crippen molar-refractivity contribution in [2.24, 2.45) is 5.41 Å². The van der Waals surface area contributed by atoms with Crippen molar-refractivity contribution in [3.63, 3.8) is 0 Å². The van der Waals surface area contributed by atoms with Crippen LogP contribution in [0.15, 0.2) is 12.5 Å². The molecule has 1 aliphatic rings. The highest BCUT2D eigenvalue weighted by atomic mass is 16.4. The Kier molecular flexibility index (Phi) is 4.42. The van der Waals surface area contributed by atoms with Crippen LogP contribution in [-0.2, 0) is 16.1 Å². The molecule has 0 atom stereocenters. The summed E-state index contributed by atoms with van der Waals surface area (Å²) >= 11 is 0. The minimum Gasteiger partial charge on any atom is -0.480 e. The fourth-order valence-electron chi connectivity index (χ4n) is 2.73.